The zero-order chi connectivity index (χ0) is 13.6. The molecule has 19 heavy (non-hydrogen) atoms. The van der Waals surface area contributed by atoms with Crippen molar-refractivity contribution in [1.29, 1.82) is 0 Å². The number of hydrogen-bond acceptors (Lipinski definition) is 4. The van der Waals surface area contributed by atoms with E-state index in [1.807, 2.05) is 13.8 Å². The van der Waals surface area contributed by atoms with Gasteiger partial charge in [0.1, 0.15) is 0 Å². The van der Waals surface area contributed by atoms with Crippen molar-refractivity contribution in [1.82, 2.24) is 15.1 Å². The van der Waals surface area contributed by atoms with Crippen molar-refractivity contribution < 1.29 is 9.53 Å². The van der Waals surface area contributed by atoms with E-state index < -0.39 is 0 Å². The van der Waals surface area contributed by atoms with E-state index in [1.54, 1.807) is 4.90 Å². The van der Waals surface area contributed by atoms with Crippen LogP contribution < -0.4 is 5.73 Å². The lowest BCUT2D eigenvalue weighted by Gasteiger charge is -2.34. The number of amides is 1. The van der Waals surface area contributed by atoms with Crippen LogP contribution in [0.3, 0.4) is 0 Å². The Morgan fingerprint density at radius 1 is 1.37 bits per heavy atom. The van der Waals surface area contributed by atoms with Gasteiger partial charge in [-0.05, 0) is 26.7 Å². The Kier molecular flexibility index (Phi) is 2.97. The van der Waals surface area contributed by atoms with Crippen molar-refractivity contribution in [3.63, 3.8) is 0 Å². The van der Waals surface area contributed by atoms with Crippen LogP contribution in [0.4, 0.5) is 5.69 Å². The Hall–Kier alpha value is -1.56. The molecule has 1 saturated heterocycles. The molecule has 104 valence electrons. The monoisotopic (exact) mass is 264 g/mol. The van der Waals surface area contributed by atoms with Gasteiger partial charge >= 0.3 is 0 Å². The Bertz CT molecular complexity index is 485. The summed E-state index contributed by atoms with van der Waals surface area (Å²) in [5.74, 6) is 0.374. The molecule has 2 fully saturated rings. The Morgan fingerprint density at radius 2 is 2.00 bits per heavy atom. The molecule has 0 spiro atoms. The number of aromatic amines is 1. The number of nitrogens with two attached hydrogens (primary N) is 1. The van der Waals surface area contributed by atoms with E-state index >= 15 is 0 Å². The molecule has 2 atom stereocenters. The summed E-state index contributed by atoms with van der Waals surface area (Å²) in [6.07, 6.45) is 2.36. The molecular formula is C13H20N4O2. The van der Waals surface area contributed by atoms with Crippen molar-refractivity contribution in [3.05, 3.63) is 11.4 Å². The molecule has 1 aliphatic heterocycles. The van der Waals surface area contributed by atoms with Crippen molar-refractivity contribution in [3.8, 4) is 0 Å². The SMILES string of the molecule is C[C@@H]1CN(C(=O)c2n[nH]c(C3CC3)c2N)C[C@H](C)O1. The van der Waals surface area contributed by atoms with Gasteiger partial charge in [0.2, 0.25) is 0 Å². The number of carbonyl (C=O) groups is 1. The molecule has 1 saturated carbocycles. The topological polar surface area (TPSA) is 84.2 Å². The summed E-state index contributed by atoms with van der Waals surface area (Å²) in [6, 6.07) is 0. The molecular weight excluding hydrogens is 244 g/mol. The highest BCUT2D eigenvalue weighted by Gasteiger charge is 2.33. The van der Waals surface area contributed by atoms with Crippen LogP contribution in [0.5, 0.6) is 0 Å². The fourth-order valence-electron chi connectivity index (χ4n) is 2.70. The lowest BCUT2D eigenvalue weighted by atomic mass is 10.2. The van der Waals surface area contributed by atoms with Crippen molar-refractivity contribution in [2.24, 2.45) is 0 Å². The lowest BCUT2D eigenvalue weighted by Crippen LogP contribution is -2.48. The summed E-state index contributed by atoms with van der Waals surface area (Å²) in [6.45, 7) is 5.13. The second-order valence-electron chi connectivity index (χ2n) is 5.64. The molecule has 0 bridgehead atoms. The number of morpholine rings is 1. The van der Waals surface area contributed by atoms with Crippen LogP contribution >= 0.6 is 0 Å². The van der Waals surface area contributed by atoms with E-state index in [2.05, 4.69) is 10.2 Å². The van der Waals surface area contributed by atoms with Gasteiger partial charge in [0.25, 0.3) is 5.91 Å². The Balaban J connectivity index is 1.79. The van der Waals surface area contributed by atoms with Gasteiger partial charge in [-0.2, -0.15) is 5.10 Å². The molecule has 2 aliphatic rings. The largest absolute Gasteiger partial charge is 0.395 e. The summed E-state index contributed by atoms with van der Waals surface area (Å²) in [4.78, 5) is 14.3. The zero-order valence-corrected chi connectivity index (χ0v) is 11.3. The van der Waals surface area contributed by atoms with Crippen molar-refractivity contribution in [2.75, 3.05) is 18.8 Å². The van der Waals surface area contributed by atoms with Gasteiger partial charge in [-0.3, -0.25) is 9.89 Å². The summed E-state index contributed by atoms with van der Waals surface area (Å²) < 4.78 is 5.63. The first kappa shape index (κ1) is 12.5. The lowest BCUT2D eigenvalue weighted by molar-refractivity contribution is -0.0587. The van der Waals surface area contributed by atoms with Gasteiger partial charge in [0.05, 0.1) is 23.6 Å². The molecule has 1 amide bonds. The van der Waals surface area contributed by atoms with E-state index in [0.29, 0.717) is 30.4 Å². The molecule has 2 heterocycles. The van der Waals surface area contributed by atoms with Gasteiger partial charge in [0, 0.05) is 19.0 Å². The minimum Gasteiger partial charge on any atom is -0.395 e. The highest BCUT2D eigenvalue weighted by atomic mass is 16.5. The van der Waals surface area contributed by atoms with Crippen LogP contribution in [-0.2, 0) is 4.74 Å². The molecule has 0 unspecified atom stereocenters. The van der Waals surface area contributed by atoms with Crippen LogP contribution in [0.25, 0.3) is 0 Å². The minimum absolute atomic E-state index is 0.0516. The third kappa shape index (κ3) is 2.32. The van der Waals surface area contributed by atoms with Gasteiger partial charge in [-0.25, -0.2) is 0 Å². The number of nitrogens with one attached hydrogen (secondary N) is 1. The second kappa shape index (κ2) is 4.52. The number of rotatable bonds is 2. The van der Waals surface area contributed by atoms with Gasteiger partial charge < -0.3 is 15.4 Å². The third-order valence-electron chi connectivity index (χ3n) is 3.73. The van der Waals surface area contributed by atoms with Crippen molar-refractivity contribution in [2.45, 2.75) is 44.8 Å². The molecule has 1 aromatic rings. The summed E-state index contributed by atoms with van der Waals surface area (Å²) in [5, 5.41) is 7.04. The van der Waals surface area contributed by atoms with Crippen LogP contribution in [0, 0.1) is 0 Å². The first-order chi connectivity index (χ1) is 9.06. The first-order valence-electron chi connectivity index (χ1n) is 6.84. The predicted octanol–water partition coefficient (Wildman–Crippen LogP) is 1.12. The maximum Gasteiger partial charge on any atom is 0.276 e. The van der Waals surface area contributed by atoms with Crippen LogP contribution in [0.1, 0.15) is 48.8 Å². The molecule has 0 aromatic carbocycles. The number of ether oxygens (including phenoxy) is 1. The molecule has 3 N–H and O–H groups in total. The number of aromatic nitrogens is 2. The van der Waals surface area contributed by atoms with E-state index in [0.717, 1.165) is 18.5 Å². The number of hydrogen-bond donors (Lipinski definition) is 2. The number of nitrogen functional groups attached to an aromatic ring is 1. The van der Waals surface area contributed by atoms with E-state index in [4.69, 9.17) is 10.5 Å². The number of nitrogens with zero attached hydrogens (tertiary/aromatic N) is 2. The predicted molar refractivity (Wildman–Crippen MR) is 70.9 cm³/mol. The summed E-state index contributed by atoms with van der Waals surface area (Å²) >= 11 is 0. The summed E-state index contributed by atoms with van der Waals surface area (Å²) in [7, 11) is 0. The molecule has 3 rings (SSSR count). The summed E-state index contributed by atoms with van der Waals surface area (Å²) in [5.41, 5.74) is 7.87. The quantitative estimate of drug-likeness (QED) is 0.838. The number of carbonyl (C=O) groups excluding carboxylic acids is 1. The molecule has 0 radical (unpaired) electrons. The van der Waals surface area contributed by atoms with Gasteiger partial charge in [-0.15, -0.1) is 0 Å². The maximum absolute atomic E-state index is 12.5. The highest BCUT2D eigenvalue weighted by molar-refractivity contribution is 5.97. The Morgan fingerprint density at radius 3 is 2.58 bits per heavy atom. The molecule has 1 aromatic heterocycles. The van der Waals surface area contributed by atoms with E-state index in [1.165, 1.54) is 0 Å². The minimum atomic E-state index is -0.0948. The molecule has 1 aliphatic carbocycles. The van der Waals surface area contributed by atoms with Crippen LogP contribution in [0.15, 0.2) is 0 Å². The van der Waals surface area contributed by atoms with Crippen molar-refractivity contribution >= 4 is 11.6 Å². The van der Waals surface area contributed by atoms with Gasteiger partial charge in [-0.1, -0.05) is 0 Å². The average Bonchev–Trinajstić information content (AvgIpc) is 3.11. The van der Waals surface area contributed by atoms with Gasteiger partial charge in [0.15, 0.2) is 5.69 Å². The zero-order valence-electron chi connectivity index (χ0n) is 11.3. The van der Waals surface area contributed by atoms with Crippen LogP contribution in [0.2, 0.25) is 0 Å². The second-order valence-corrected chi connectivity index (χ2v) is 5.64. The molecule has 6 nitrogen and oxygen atoms in total. The van der Waals surface area contributed by atoms with E-state index in [9.17, 15) is 4.79 Å². The maximum atomic E-state index is 12.5. The Labute approximate surface area is 112 Å². The highest BCUT2D eigenvalue weighted by Crippen LogP contribution is 2.42. The normalized spacial score (nSPS) is 27.6. The average molecular weight is 264 g/mol. The van der Waals surface area contributed by atoms with Crippen LogP contribution in [-0.4, -0.2) is 46.3 Å². The first-order valence-corrected chi connectivity index (χ1v) is 6.84. The van der Waals surface area contributed by atoms with E-state index in [-0.39, 0.29) is 18.1 Å². The standard InChI is InChI=1S/C13H20N4O2/c1-7-5-17(6-8(2)19-7)13(18)12-10(14)11(15-16-12)9-3-4-9/h7-9H,3-6,14H2,1-2H3,(H,15,16)/t7-,8+. The fraction of sp³-hybridized carbons (Fsp3) is 0.692. The number of H-pyrrole nitrogens is 1. The molecule has 6 heteroatoms. The number of anilines is 1. The fourth-order valence-corrected chi connectivity index (χ4v) is 2.70. The smallest absolute Gasteiger partial charge is 0.276 e. The third-order valence-corrected chi connectivity index (χ3v) is 3.73.